The second-order valence-corrected chi connectivity index (χ2v) is 7.92. The van der Waals surface area contributed by atoms with E-state index in [0.717, 1.165) is 6.54 Å². The predicted molar refractivity (Wildman–Crippen MR) is 74.0 cm³/mol. The molecule has 0 spiro atoms. The fraction of sp³-hybridized carbons (Fsp3) is 1.00. The molecule has 2 rings (SSSR count). The number of hydrogen-bond donors (Lipinski definition) is 1. The van der Waals surface area contributed by atoms with Crippen LogP contribution >= 0.6 is 0 Å². The molecule has 17 heavy (non-hydrogen) atoms. The molecular weight excluding hydrogens is 208 g/mol. The molecule has 1 saturated carbocycles. The van der Waals surface area contributed by atoms with Gasteiger partial charge in [0, 0.05) is 12.1 Å². The Morgan fingerprint density at radius 1 is 0.882 bits per heavy atom. The van der Waals surface area contributed by atoms with Gasteiger partial charge in [-0.1, -0.05) is 27.7 Å². The third kappa shape index (κ3) is 2.68. The average Bonchev–Trinajstić information content (AvgIpc) is 2.55. The maximum atomic E-state index is 6.15. The van der Waals surface area contributed by atoms with Crippen molar-refractivity contribution >= 4 is 0 Å². The van der Waals surface area contributed by atoms with Crippen LogP contribution in [-0.4, -0.2) is 30.1 Å². The Labute approximate surface area is 107 Å². The zero-order chi connectivity index (χ0) is 12.7. The van der Waals surface area contributed by atoms with Gasteiger partial charge >= 0.3 is 0 Å². The van der Waals surface area contributed by atoms with Gasteiger partial charge in [-0.3, -0.25) is 4.90 Å². The summed E-state index contributed by atoms with van der Waals surface area (Å²) >= 11 is 0. The first-order valence-electron chi connectivity index (χ1n) is 7.24. The van der Waals surface area contributed by atoms with Crippen molar-refractivity contribution in [2.45, 2.75) is 65.3 Å². The van der Waals surface area contributed by atoms with E-state index in [-0.39, 0.29) is 0 Å². The minimum absolute atomic E-state index is 0.319. The Kier molecular flexibility index (Phi) is 3.33. The van der Waals surface area contributed by atoms with Crippen LogP contribution in [0.15, 0.2) is 0 Å². The fourth-order valence-electron chi connectivity index (χ4n) is 3.80. The van der Waals surface area contributed by atoms with Crippen molar-refractivity contribution in [3.63, 3.8) is 0 Å². The number of hydrogen-bond acceptors (Lipinski definition) is 2. The summed E-state index contributed by atoms with van der Waals surface area (Å²) in [6.45, 7) is 12.9. The Morgan fingerprint density at radius 2 is 1.47 bits per heavy atom. The normalized spacial score (nSPS) is 37.2. The largest absolute Gasteiger partial charge is 0.329 e. The van der Waals surface area contributed by atoms with Crippen LogP contribution in [0.1, 0.15) is 59.8 Å². The lowest BCUT2D eigenvalue weighted by Crippen LogP contribution is -2.56. The minimum Gasteiger partial charge on any atom is -0.329 e. The highest BCUT2D eigenvalue weighted by atomic mass is 15.2. The van der Waals surface area contributed by atoms with Crippen LogP contribution in [0.5, 0.6) is 0 Å². The summed E-state index contributed by atoms with van der Waals surface area (Å²) in [6.07, 6.45) is 6.59. The van der Waals surface area contributed by atoms with Gasteiger partial charge in [-0.05, 0) is 56.0 Å². The summed E-state index contributed by atoms with van der Waals surface area (Å²) in [5, 5.41) is 0. The first-order valence-corrected chi connectivity index (χ1v) is 7.24. The molecule has 2 N–H and O–H groups in total. The van der Waals surface area contributed by atoms with Gasteiger partial charge in [0.1, 0.15) is 0 Å². The zero-order valence-electron chi connectivity index (χ0n) is 12.2. The summed E-state index contributed by atoms with van der Waals surface area (Å²) in [7, 11) is 0. The van der Waals surface area contributed by atoms with E-state index in [9.17, 15) is 0 Å². The number of nitrogens with two attached hydrogens (primary N) is 1. The fourth-order valence-corrected chi connectivity index (χ4v) is 3.80. The summed E-state index contributed by atoms with van der Waals surface area (Å²) in [5.41, 5.74) is 7.50. The van der Waals surface area contributed by atoms with Crippen LogP contribution in [0.25, 0.3) is 0 Å². The molecule has 2 nitrogen and oxygen atoms in total. The second-order valence-electron chi connectivity index (χ2n) is 7.92. The summed E-state index contributed by atoms with van der Waals surface area (Å²) in [4.78, 5) is 2.72. The molecule has 1 atom stereocenters. The van der Waals surface area contributed by atoms with E-state index >= 15 is 0 Å². The van der Waals surface area contributed by atoms with Gasteiger partial charge in [-0.15, -0.1) is 0 Å². The van der Waals surface area contributed by atoms with E-state index in [1.807, 2.05) is 0 Å². The molecule has 2 aliphatic rings. The summed E-state index contributed by atoms with van der Waals surface area (Å²) in [5.74, 6) is 0. The van der Waals surface area contributed by atoms with Crippen LogP contribution in [-0.2, 0) is 0 Å². The molecule has 1 unspecified atom stereocenters. The van der Waals surface area contributed by atoms with E-state index in [0.29, 0.717) is 16.4 Å². The molecule has 1 heterocycles. The Balaban J connectivity index is 2.06. The van der Waals surface area contributed by atoms with E-state index in [2.05, 4.69) is 32.6 Å². The van der Waals surface area contributed by atoms with Crippen molar-refractivity contribution in [2.24, 2.45) is 16.6 Å². The molecule has 100 valence electrons. The van der Waals surface area contributed by atoms with Gasteiger partial charge in [0.05, 0.1) is 0 Å². The van der Waals surface area contributed by atoms with Gasteiger partial charge in [-0.25, -0.2) is 0 Å². The minimum atomic E-state index is 0.319. The average molecular weight is 238 g/mol. The summed E-state index contributed by atoms with van der Waals surface area (Å²) < 4.78 is 0. The third-order valence-corrected chi connectivity index (χ3v) is 5.24. The highest BCUT2D eigenvalue weighted by Gasteiger charge is 2.47. The molecule has 1 aliphatic heterocycles. The molecule has 1 aliphatic carbocycles. The lowest BCUT2D eigenvalue weighted by molar-refractivity contribution is 0.0302. The third-order valence-electron chi connectivity index (χ3n) is 5.24. The maximum absolute atomic E-state index is 6.15. The topological polar surface area (TPSA) is 29.3 Å². The van der Waals surface area contributed by atoms with E-state index in [1.165, 1.54) is 45.2 Å². The van der Waals surface area contributed by atoms with Crippen molar-refractivity contribution in [1.82, 2.24) is 4.90 Å². The standard InChI is InChI=1S/C15H30N2/c1-13(2)7-9-17(10-8-13)15(12-16)6-5-14(3,4)11-15/h5-12,16H2,1-4H3. The molecule has 0 radical (unpaired) electrons. The molecule has 1 saturated heterocycles. The Morgan fingerprint density at radius 3 is 1.88 bits per heavy atom. The monoisotopic (exact) mass is 238 g/mol. The Hall–Kier alpha value is -0.0800. The van der Waals surface area contributed by atoms with Gasteiger partial charge < -0.3 is 5.73 Å². The zero-order valence-corrected chi connectivity index (χ0v) is 12.2. The van der Waals surface area contributed by atoms with Gasteiger partial charge in [0.25, 0.3) is 0 Å². The van der Waals surface area contributed by atoms with Crippen molar-refractivity contribution in [3.8, 4) is 0 Å². The van der Waals surface area contributed by atoms with Crippen molar-refractivity contribution in [1.29, 1.82) is 0 Å². The summed E-state index contributed by atoms with van der Waals surface area (Å²) in [6, 6.07) is 0. The van der Waals surface area contributed by atoms with Gasteiger partial charge in [-0.2, -0.15) is 0 Å². The lowest BCUT2D eigenvalue weighted by atomic mass is 9.79. The van der Waals surface area contributed by atoms with E-state index in [4.69, 9.17) is 5.73 Å². The first-order chi connectivity index (χ1) is 7.79. The lowest BCUT2D eigenvalue weighted by Gasteiger charge is -2.47. The number of rotatable bonds is 2. The highest BCUT2D eigenvalue weighted by molar-refractivity contribution is 5.03. The van der Waals surface area contributed by atoms with Crippen molar-refractivity contribution < 1.29 is 0 Å². The van der Waals surface area contributed by atoms with Gasteiger partial charge in [0.15, 0.2) is 0 Å². The molecular formula is C15H30N2. The SMILES string of the molecule is CC1(C)CCN(C2(CN)CCC(C)(C)C2)CC1. The van der Waals surface area contributed by atoms with Crippen LogP contribution in [0.3, 0.4) is 0 Å². The first kappa shape index (κ1) is 13.4. The molecule has 0 aromatic heterocycles. The van der Waals surface area contributed by atoms with Crippen molar-refractivity contribution in [2.75, 3.05) is 19.6 Å². The quantitative estimate of drug-likeness (QED) is 0.801. The van der Waals surface area contributed by atoms with E-state index in [1.54, 1.807) is 0 Å². The molecule has 0 aromatic rings. The molecule has 0 amide bonds. The Bertz CT molecular complexity index is 273. The number of nitrogens with zero attached hydrogens (tertiary/aromatic N) is 1. The maximum Gasteiger partial charge on any atom is 0.0337 e. The molecule has 2 heteroatoms. The predicted octanol–water partition coefficient (Wildman–Crippen LogP) is 3.02. The van der Waals surface area contributed by atoms with Crippen LogP contribution in [0.4, 0.5) is 0 Å². The smallest absolute Gasteiger partial charge is 0.0337 e. The van der Waals surface area contributed by atoms with Crippen LogP contribution in [0.2, 0.25) is 0 Å². The number of piperidine rings is 1. The number of likely N-dealkylation sites (tertiary alicyclic amines) is 1. The van der Waals surface area contributed by atoms with Gasteiger partial charge in [0.2, 0.25) is 0 Å². The van der Waals surface area contributed by atoms with Crippen LogP contribution < -0.4 is 5.73 Å². The second kappa shape index (κ2) is 4.24. The molecule has 0 bridgehead atoms. The van der Waals surface area contributed by atoms with Crippen molar-refractivity contribution in [3.05, 3.63) is 0 Å². The van der Waals surface area contributed by atoms with Crippen LogP contribution in [0, 0.1) is 10.8 Å². The highest BCUT2D eigenvalue weighted by Crippen LogP contribution is 2.47. The molecule has 2 fully saturated rings. The molecule has 0 aromatic carbocycles. The van der Waals surface area contributed by atoms with E-state index < -0.39 is 0 Å².